The van der Waals surface area contributed by atoms with Crippen LogP contribution in [0.4, 0.5) is 0 Å². The van der Waals surface area contributed by atoms with Crippen LogP contribution in [0.1, 0.15) is 46.5 Å². The molecule has 4 saturated carbocycles. The highest BCUT2D eigenvalue weighted by Gasteiger charge is 2.65. The molecule has 0 aromatic carbocycles. The molecule has 0 heterocycles. The molecule has 0 radical (unpaired) electrons. The average molecular weight is 204 g/mol. The topological polar surface area (TPSA) is 0 Å². The van der Waals surface area contributed by atoms with Gasteiger partial charge in [0, 0.05) is 0 Å². The minimum atomic E-state index is 0.672. The predicted molar refractivity (Wildman–Crippen MR) is 64.5 cm³/mol. The quantitative estimate of drug-likeness (QED) is 0.559. The van der Waals surface area contributed by atoms with Gasteiger partial charge in [-0.25, -0.2) is 0 Å². The van der Waals surface area contributed by atoms with Crippen molar-refractivity contribution in [3.05, 3.63) is 12.2 Å². The van der Waals surface area contributed by atoms with E-state index in [1.165, 1.54) is 25.7 Å². The lowest BCUT2D eigenvalue weighted by atomic mass is 9.33. The van der Waals surface area contributed by atoms with Crippen molar-refractivity contribution >= 4 is 0 Å². The first-order valence-electron chi connectivity index (χ1n) is 6.73. The molecular weight excluding hydrogens is 180 g/mol. The van der Waals surface area contributed by atoms with Gasteiger partial charge in [-0.15, -0.1) is 0 Å². The number of allylic oxidation sites excluding steroid dienone is 1. The van der Waals surface area contributed by atoms with Crippen LogP contribution in [0.25, 0.3) is 0 Å². The number of fused-ring (bicyclic) bond motifs is 2. The maximum absolute atomic E-state index is 4.35. The maximum Gasteiger partial charge on any atom is -0.0115 e. The van der Waals surface area contributed by atoms with Crippen LogP contribution in [0.15, 0.2) is 12.2 Å². The molecule has 0 heteroatoms. The summed E-state index contributed by atoms with van der Waals surface area (Å²) in [7, 11) is 0. The van der Waals surface area contributed by atoms with Gasteiger partial charge in [-0.05, 0) is 60.7 Å². The molecular formula is C15H24. The second kappa shape index (κ2) is 2.90. The van der Waals surface area contributed by atoms with Crippen molar-refractivity contribution in [2.75, 3.05) is 0 Å². The molecule has 4 bridgehead atoms. The van der Waals surface area contributed by atoms with E-state index in [4.69, 9.17) is 0 Å². The average Bonchev–Trinajstić information content (AvgIpc) is 2.17. The second-order valence-corrected chi connectivity index (χ2v) is 6.81. The Bertz CT molecular complexity index is 299. The zero-order valence-corrected chi connectivity index (χ0v) is 10.4. The largest absolute Gasteiger partial charge is 0.0995 e. The Balaban J connectivity index is 1.93. The normalized spacial score (nSPS) is 52.9. The summed E-state index contributed by atoms with van der Waals surface area (Å²) in [5.41, 5.74) is 2.26. The van der Waals surface area contributed by atoms with Gasteiger partial charge in [0.2, 0.25) is 0 Å². The molecule has 0 nitrogen and oxygen atoms in total. The molecule has 0 saturated heterocycles. The van der Waals surface area contributed by atoms with Gasteiger partial charge in [0.25, 0.3) is 0 Å². The standard InChI is InChI=1S/C15H24/c1-9(2)11-7-8-15(4)12-6-5-10(3)14(15)13(11)12/h9,11-14H,3,5-8H2,1-2,4H3/t11-,12+,13+,14?,15-/m0/s1. The van der Waals surface area contributed by atoms with Gasteiger partial charge in [-0.1, -0.05) is 32.9 Å². The van der Waals surface area contributed by atoms with Crippen LogP contribution in [0.2, 0.25) is 0 Å². The van der Waals surface area contributed by atoms with E-state index in [0.29, 0.717) is 5.41 Å². The van der Waals surface area contributed by atoms with Gasteiger partial charge < -0.3 is 0 Å². The van der Waals surface area contributed by atoms with E-state index >= 15 is 0 Å². The van der Waals surface area contributed by atoms with Gasteiger partial charge in [0.15, 0.2) is 0 Å². The van der Waals surface area contributed by atoms with Crippen molar-refractivity contribution in [2.45, 2.75) is 46.5 Å². The molecule has 0 aliphatic heterocycles. The summed E-state index contributed by atoms with van der Waals surface area (Å²) >= 11 is 0. The summed E-state index contributed by atoms with van der Waals surface area (Å²) in [5, 5.41) is 0. The summed E-state index contributed by atoms with van der Waals surface area (Å²) in [4.78, 5) is 0. The fourth-order valence-electron chi connectivity index (χ4n) is 5.32. The van der Waals surface area contributed by atoms with Crippen LogP contribution in [0.3, 0.4) is 0 Å². The fourth-order valence-corrected chi connectivity index (χ4v) is 5.32. The molecule has 4 rings (SSSR count). The first kappa shape index (κ1) is 9.93. The highest BCUT2D eigenvalue weighted by Crippen LogP contribution is 2.72. The molecule has 0 amide bonds. The molecule has 84 valence electrons. The van der Waals surface area contributed by atoms with Crippen LogP contribution in [0.5, 0.6) is 0 Å². The van der Waals surface area contributed by atoms with Gasteiger partial charge >= 0.3 is 0 Å². The molecule has 15 heavy (non-hydrogen) atoms. The third kappa shape index (κ3) is 1.04. The maximum atomic E-state index is 4.35. The minimum Gasteiger partial charge on any atom is -0.0995 e. The third-order valence-electron chi connectivity index (χ3n) is 5.99. The predicted octanol–water partition coefficient (Wildman–Crippen LogP) is 4.27. The van der Waals surface area contributed by atoms with E-state index in [0.717, 1.165) is 29.6 Å². The van der Waals surface area contributed by atoms with Crippen LogP contribution in [-0.2, 0) is 0 Å². The Labute approximate surface area is 94.1 Å². The molecule has 0 aromatic heterocycles. The fraction of sp³-hybridized carbons (Fsp3) is 0.867. The Morgan fingerprint density at radius 1 is 1.33 bits per heavy atom. The monoisotopic (exact) mass is 204 g/mol. The number of rotatable bonds is 1. The summed E-state index contributed by atoms with van der Waals surface area (Å²) in [5.74, 6) is 4.85. The van der Waals surface area contributed by atoms with E-state index in [2.05, 4.69) is 27.4 Å². The summed E-state index contributed by atoms with van der Waals surface area (Å²) in [6, 6.07) is 0. The van der Waals surface area contributed by atoms with Crippen LogP contribution in [-0.4, -0.2) is 0 Å². The molecule has 0 aromatic rings. The van der Waals surface area contributed by atoms with Gasteiger partial charge in [0.1, 0.15) is 0 Å². The molecule has 1 unspecified atom stereocenters. The Morgan fingerprint density at radius 3 is 2.67 bits per heavy atom. The summed E-state index contributed by atoms with van der Waals surface area (Å²) < 4.78 is 0. The van der Waals surface area contributed by atoms with Crippen LogP contribution in [0, 0.1) is 35.0 Å². The van der Waals surface area contributed by atoms with Crippen molar-refractivity contribution in [3.63, 3.8) is 0 Å². The van der Waals surface area contributed by atoms with Crippen molar-refractivity contribution in [1.82, 2.24) is 0 Å². The highest BCUT2D eigenvalue weighted by atomic mass is 14.7. The van der Waals surface area contributed by atoms with Crippen molar-refractivity contribution in [2.24, 2.45) is 35.0 Å². The SMILES string of the molecule is C=C1CC[C@@H]2[C@@H]3C1[C@@]2(C)CC[C@H]3C(C)C. The number of hydrogen-bond donors (Lipinski definition) is 0. The third-order valence-corrected chi connectivity index (χ3v) is 5.99. The molecule has 0 N–H and O–H groups in total. The lowest BCUT2D eigenvalue weighted by Crippen LogP contribution is -2.64. The zero-order chi connectivity index (χ0) is 10.8. The van der Waals surface area contributed by atoms with E-state index in [-0.39, 0.29) is 0 Å². The molecule has 4 aliphatic rings. The van der Waals surface area contributed by atoms with Gasteiger partial charge in [-0.2, -0.15) is 0 Å². The van der Waals surface area contributed by atoms with Crippen molar-refractivity contribution in [1.29, 1.82) is 0 Å². The van der Waals surface area contributed by atoms with E-state index in [1.807, 2.05) is 0 Å². The van der Waals surface area contributed by atoms with Crippen molar-refractivity contribution in [3.8, 4) is 0 Å². The van der Waals surface area contributed by atoms with Crippen molar-refractivity contribution < 1.29 is 0 Å². The molecule has 4 aliphatic carbocycles. The lowest BCUT2D eigenvalue weighted by molar-refractivity contribution is -0.194. The summed E-state index contributed by atoms with van der Waals surface area (Å²) in [6.45, 7) is 11.7. The van der Waals surface area contributed by atoms with Crippen LogP contribution >= 0.6 is 0 Å². The summed E-state index contributed by atoms with van der Waals surface area (Å²) in [6.07, 6.45) is 5.73. The lowest BCUT2D eigenvalue weighted by Gasteiger charge is -2.71. The van der Waals surface area contributed by atoms with E-state index in [9.17, 15) is 0 Å². The molecule has 0 spiro atoms. The smallest absolute Gasteiger partial charge is 0.0115 e. The van der Waals surface area contributed by atoms with Gasteiger partial charge in [-0.3, -0.25) is 0 Å². The van der Waals surface area contributed by atoms with Crippen LogP contribution < -0.4 is 0 Å². The highest BCUT2D eigenvalue weighted by molar-refractivity contribution is 5.26. The van der Waals surface area contributed by atoms with E-state index in [1.54, 1.807) is 5.57 Å². The minimum absolute atomic E-state index is 0.672. The molecule has 5 atom stereocenters. The number of hydrogen-bond acceptors (Lipinski definition) is 0. The van der Waals surface area contributed by atoms with Gasteiger partial charge in [0.05, 0.1) is 0 Å². The molecule has 4 fully saturated rings. The first-order valence-corrected chi connectivity index (χ1v) is 6.73. The first-order chi connectivity index (χ1) is 7.05. The Hall–Kier alpha value is -0.260. The zero-order valence-electron chi connectivity index (χ0n) is 10.4. The van der Waals surface area contributed by atoms with E-state index < -0.39 is 0 Å². The Kier molecular flexibility index (Phi) is 1.92. The second-order valence-electron chi connectivity index (χ2n) is 6.81. The Morgan fingerprint density at radius 2 is 2.07 bits per heavy atom.